The highest BCUT2D eigenvalue weighted by Crippen LogP contribution is 2.23. The van der Waals surface area contributed by atoms with E-state index in [1.54, 1.807) is 0 Å². The number of nitriles is 1. The molecule has 0 bridgehead atoms. The molecule has 8 nitrogen and oxygen atoms in total. The van der Waals surface area contributed by atoms with Crippen LogP contribution in [0.1, 0.15) is 18.4 Å². The molecule has 0 radical (unpaired) electrons. The standard InChI is InChI=1S/C12H13N3O5/c1-8(20-12(17)14-7-16)11(6-13)9-2-4-10(5-3-9)15(18)19/h2-5,8,11,16H,7H2,1H3,(H,14,17). The number of nitro benzene ring substituents is 1. The maximum Gasteiger partial charge on any atom is 0.409 e. The van der Waals surface area contributed by atoms with Crippen molar-refractivity contribution in [3.63, 3.8) is 0 Å². The number of aliphatic hydroxyl groups is 1. The van der Waals surface area contributed by atoms with Crippen molar-refractivity contribution in [3.05, 3.63) is 39.9 Å². The first kappa shape index (κ1) is 15.4. The van der Waals surface area contributed by atoms with Crippen LogP contribution in [0.4, 0.5) is 10.5 Å². The zero-order valence-electron chi connectivity index (χ0n) is 10.6. The molecular weight excluding hydrogens is 266 g/mol. The van der Waals surface area contributed by atoms with E-state index in [9.17, 15) is 14.9 Å². The summed E-state index contributed by atoms with van der Waals surface area (Å²) < 4.78 is 4.91. The van der Waals surface area contributed by atoms with Gasteiger partial charge in [0.2, 0.25) is 0 Å². The first-order chi connectivity index (χ1) is 9.49. The van der Waals surface area contributed by atoms with Gasteiger partial charge in [0.05, 0.1) is 11.0 Å². The molecule has 0 saturated carbocycles. The van der Waals surface area contributed by atoms with Crippen LogP contribution >= 0.6 is 0 Å². The van der Waals surface area contributed by atoms with Gasteiger partial charge in [-0.25, -0.2) is 4.79 Å². The molecular formula is C12H13N3O5. The number of non-ortho nitro benzene ring substituents is 1. The molecule has 8 heteroatoms. The maximum atomic E-state index is 11.2. The van der Waals surface area contributed by atoms with Crippen LogP contribution in [0.25, 0.3) is 0 Å². The van der Waals surface area contributed by atoms with E-state index in [0.29, 0.717) is 5.56 Å². The molecule has 0 aliphatic rings. The lowest BCUT2D eigenvalue weighted by molar-refractivity contribution is -0.384. The average Bonchev–Trinajstić information content (AvgIpc) is 2.40. The number of hydrogen-bond donors (Lipinski definition) is 2. The van der Waals surface area contributed by atoms with E-state index in [1.807, 2.05) is 11.4 Å². The van der Waals surface area contributed by atoms with Gasteiger partial charge in [-0.15, -0.1) is 0 Å². The molecule has 1 rings (SSSR count). The number of amides is 1. The Bertz CT molecular complexity index is 523. The summed E-state index contributed by atoms with van der Waals surface area (Å²) in [7, 11) is 0. The summed E-state index contributed by atoms with van der Waals surface area (Å²) in [5.74, 6) is -0.764. The third-order valence-electron chi connectivity index (χ3n) is 2.59. The normalized spacial score (nSPS) is 12.8. The fourth-order valence-corrected chi connectivity index (χ4v) is 1.60. The third kappa shape index (κ3) is 3.93. The van der Waals surface area contributed by atoms with Crippen LogP contribution < -0.4 is 5.32 Å². The first-order valence-corrected chi connectivity index (χ1v) is 5.69. The molecule has 0 spiro atoms. The second kappa shape index (κ2) is 7.06. The molecule has 1 aromatic rings. The molecule has 0 aliphatic heterocycles. The molecule has 2 unspecified atom stereocenters. The van der Waals surface area contributed by atoms with Crippen LogP contribution in [0.15, 0.2) is 24.3 Å². The van der Waals surface area contributed by atoms with Crippen molar-refractivity contribution in [2.24, 2.45) is 0 Å². The molecule has 0 heterocycles. The number of nitro groups is 1. The van der Waals surface area contributed by atoms with Gasteiger partial charge in [0.25, 0.3) is 5.69 Å². The van der Waals surface area contributed by atoms with Crippen LogP contribution in [-0.2, 0) is 4.74 Å². The van der Waals surface area contributed by atoms with Gasteiger partial charge in [0.1, 0.15) is 18.8 Å². The Kier molecular flexibility index (Phi) is 5.43. The fraction of sp³-hybridized carbons (Fsp3) is 0.333. The molecule has 106 valence electrons. The number of alkyl carbamates (subject to hydrolysis) is 1. The van der Waals surface area contributed by atoms with E-state index in [4.69, 9.17) is 15.1 Å². The first-order valence-electron chi connectivity index (χ1n) is 5.69. The summed E-state index contributed by atoms with van der Waals surface area (Å²) in [6.45, 7) is 0.951. The van der Waals surface area contributed by atoms with Crippen LogP contribution in [-0.4, -0.2) is 29.0 Å². The summed E-state index contributed by atoms with van der Waals surface area (Å²) >= 11 is 0. The molecule has 1 aromatic carbocycles. The number of carbonyl (C=O) groups excluding carboxylic acids is 1. The predicted octanol–water partition coefficient (Wildman–Crippen LogP) is 1.27. The van der Waals surface area contributed by atoms with Gasteiger partial charge < -0.3 is 9.84 Å². The average molecular weight is 279 g/mol. The number of carbonyl (C=O) groups is 1. The maximum absolute atomic E-state index is 11.2. The Morgan fingerprint density at radius 2 is 2.15 bits per heavy atom. The summed E-state index contributed by atoms with van der Waals surface area (Å²) in [5, 5.41) is 30.2. The quantitative estimate of drug-likeness (QED) is 0.475. The molecule has 2 atom stereocenters. The minimum absolute atomic E-state index is 0.0861. The van der Waals surface area contributed by atoms with Crippen molar-refractivity contribution < 1.29 is 19.6 Å². The highest BCUT2D eigenvalue weighted by molar-refractivity contribution is 5.67. The third-order valence-corrected chi connectivity index (χ3v) is 2.59. The molecule has 0 aromatic heterocycles. The minimum atomic E-state index is -0.845. The van der Waals surface area contributed by atoms with E-state index >= 15 is 0 Å². The number of nitrogens with one attached hydrogen (secondary N) is 1. The Hall–Kier alpha value is -2.66. The van der Waals surface area contributed by atoms with E-state index in [-0.39, 0.29) is 5.69 Å². The molecule has 0 saturated heterocycles. The summed E-state index contributed by atoms with van der Waals surface area (Å²) in [6.07, 6.45) is -1.62. The largest absolute Gasteiger partial charge is 0.445 e. The molecule has 0 aliphatic carbocycles. The highest BCUT2D eigenvalue weighted by Gasteiger charge is 2.23. The van der Waals surface area contributed by atoms with Crippen molar-refractivity contribution in [3.8, 4) is 6.07 Å². The van der Waals surface area contributed by atoms with Gasteiger partial charge in [-0.3, -0.25) is 15.4 Å². The topological polar surface area (TPSA) is 125 Å². The second-order valence-corrected chi connectivity index (χ2v) is 3.90. The van der Waals surface area contributed by atoms with Crippen molar-refractivity contribution in [2.75, 3.05) is 6.73 Å². The number of hydrogen-bond acceptors (Lipinski definition) is 6. The molecule has 1 amide bonds. The summed E-state index contributed by atoms with van der Waals surface area (Å²) in [6, 6.07) is 7.41. The Morgan fingerprint density at radius 1 is 1.55 bits per heavy atom. The molecule has 20 heavy (non-hydrogen) atoms. The zero-order valence-corrected chi connectivity index (χ0v) is 10.6. The Balaban J connectivity index is 2.82. The summed E-state index contributed by atoms with van der Waals surface area (Å²) in [5.41, 5.74) is 0.416. The lowest BCUT2D eigenvalue weighted by Crippen LogP contribution is -2.30. The van der Waals surface area contributed by atoms with Crippen molar-refractivity contribution in [1.82, 2.24) is 5.32 Å². The minimum Gasteiger partial charge on any atom is -0.445 e. The second-order valence-electron chi connectivity index (χ2n) is 3.90. The highest BCUT2D eigenvalue weighted by atomic mass is 16.6. The van der Waals surface area contributed by atoms with Crippen LogP contribution in [0.5, 0.6) is 0 Å². The lowest BCUT2D eigenvalue weighted by atomic mass is 9.95. The number of aliphatic hydroxyl groups excluding tert-OH is 1. The van der Waals surface area contributed by atoms with Gasteiger partial charge in [0.15, 0.2) is 0 Å². The van der Waals surface area contributed by atoms with Crippen LogP contribution in [0.3, 0.4) is 0 Å². The monoisotopic (exact) mass is 279 g/mol. The van der Waals surface area contributed by atoms with E-state index < -0.39 is 29.8 Å². The Labute approximate surface area is 114 Å². The number of rotatable bonds is 5. The van der Waals surface area contributed by atoms with Gasteiger partial charge in [-0.2, -0.15) is 5.26 Å². The molecule has 2 N–H and O–H groups in total. The smallest absolute Gasteiger partial charge is 0.409 e. The SMILES string of the molecule is CC(OC(=O)NCO)C(C#N)c1ccc([N+](=O)[O-])cc1. The van der Waals surface area contributed by atoms with Crippen molar-refractivity contribution in [2.45, 2.75) is 18.9 Å². The Morgan fingerprint density at radius 3 is 2.60 bits per heavy atom. The van der Waals surface area contributed by atoms with Crippen LogP contribution in [0, 0.1) is 21.4 Å². The fourth-order valence-electron chi connectivity index (χ4n) is 1.60. The zero-order chi connectivity index (χ0) is 15.1. The van der Waals surface area contributed by atoms with Crippen molar-refractivity contribution >= 4 is 11.8 Å². The van der Waals surface area contributed by atoms with E-state index in [2.05, 4.69) is 0 Å². The van der Waals surface area contributed by atoms with Gasteiger partial charge in [-0.1, -0.05) is 12.1 Å². The lowest BCUT2D eigenvalue weighted by Gasteiger charge is -2.18. The van der Waals surface area contributed by atoms with Gasteiger partial charge >= 0.3 is 6.09 Å². The van der Waals surface area contributed by atoms with Crippen LogP contribution in [0.2, 0.25) is 0 Å². The number of nitrogens with zero attached hydrogens (tertiary/aromatic N) is 2. The van der Waals surface area contributed by atoms with Gasteiger partial charge in [-0.05, 0) is 12.5 Å². The van der Waals surface area contributed by atoms with E-state index in [0.717, 1.165) is 0 Å². The van der Waals surface area contributed by atoms with Gasteiger partial charge in [0, 0.05) is 12.1 Å². The number of benzene rings is 1. The predicted molar refractivity (Wildman–Crippen MR) is 67.6 cm³/mol. The summed E-state index contributed by atoms with van der Waals surface area (Å²) in [4.78, 5) is 21.2. The van der Waals surface area contributed by atoms with E-state index in [1.165, 1.54) is 31.2 Å². The van der Waals surface area contributed by atoms with Crippen molar-refractivity contribution in [1.29, 1.82) is 5.26 Å². The molecule has 0 fully saturated rings. The number of ether oxygens (including phenoxy) is 1.